The first kappa shape index (κ1) is 15.3. The average molecular weight is 286 g/mol. The van der Waals surface area contributed by atoms with Crippen LogP contribution in [-0.4, -0.2) is 11.1 Å². The first-order valence-electron chi connectivity index (χ1n) is 7.29. The highest BCUT2D eigenvalue weighted by Crippen LogP contribution is 2.14. The van der Waals surface area contributed by atoms with E-state index in [1.807, 2.05) is 43.5 Å². The van der Waals surface area contributed by atoms with Crippen molar-refractivity contribution < 1.29 is 4.74 Å². The molecule has 0 radical (unpaired) electrons. The van der Waals surface area contributed by atoms with Crippen molar-refractivity contribution in [3.8, 4) is 5.75 Å². The number of hydrogen-bond acceptors (Lipinski definition) is 3. The quantitative estimate of drug-likeness (QED) is 0.796. The van der Waals surface area contributed by atoms with Gasteiger partial charge in [-0.3, -0.25) is 4.79 Å². The van der Waals surface area contributed by atoms with Crippen LogP contribution in [0.1, 0.15) is 24.1 Å². The summed E-state index contributed by atoms with van der Waals surface area (Å²) < 4.78 is 7.80. The largest absolute Gasteiger partial charge is 0.483 e. The Morgan fingerprint density at radius 1 is 1.14 bits per heavy atom. The van der Waals surface area contributed by atoms with Gasteiger partial charge < -0.3 is 15.0 Å². The highest BCUT2D eigenvalue weighted by atomic mass is 16.5. The maximum atomic E-state index is 12.0. The first-order chi connectivity index (χ1) is 10.2. The zero-order valence-corrected chi connectivity index (χ0v) is 12.4. The van der Waals surface area contributed by atoms with E-state index in [9.17, 15) is 4.79 Å². The Hall–Kier alpha value is -2.07. The fourth-order valence-electron chi connectivity index (χ4n) is 2.23. The van der Waals surface area contributed by atoms with Gasteiger partial charge in [0.1, 0.15) is 6.61 Å². The summed E-state index contributed by atoms with van der Waals surface area (Å²) in [5.74, 6) is 0.439. The smallest absolute Gasteiger partial charge is 0.223 e. The Labute approximate surface area is 125 Å². The van der Waals surface area contributed by atoms with Crippen LogP contribution in [0, 0.1) is 6.92 Å². The lowest BCUT2D eigenvalue weighted by Crippen LogP contribution is -2.15. The number of nitrogens with zero attached hydrogens (tertiary/aromatic N) is 1. The molecule has 4 heteroatoms. The van der Waals surface area contributed by atoms with Crippen molar-refractivity contribution in [1.29, 1.82) is 0 Å². The van der Waals surface area contributed by atoms with Gasteiger partial charge in [-0.2, -0.15) is 0 Å². The van der Waals surface area contributed by atoms with Crippen LogP contribution in [0.2, 0.25) is 0 Å². The van der Waals surface area contributed by atoms with E-state index in [0.29, 0.717) is 18.9 Å². The Balaban J connectivity index is 2.11. The van der Waals surface area contributed by atoms with Gasteiger partial charge in [0.05, 0.1) is 5.69 Å². The zero-order chi connectivity index (χ0) is 15.1. The van der Waals surface area contributed by atoms with Crippen LogP contribution in [0.5, 0.6) is 5.75 Å². The molecule has 1 aromatic heterocycles. The van der Waals surface area contributed by atoms with E-state index in [-0.39, 0.29) is 5.43 Å². The SMILES string of the molecule is Cc1c(OCc2ccccc2)c(=O)ccn1CCCCN. The van der Waals surface area contributed by atoms with Gasteiger partial charge in [-0.15, -0.1) is 0 Å². The van der Waals surface area contributed by atoms with E-state index in [1.165, 1.54) is 0 Å². The molecule has 0 spiro atoms. The van der Waals surface area contributed by atoms with Crippen molar-refractivity contribution in [3.63, 3.8) is 0 Å². The second-order valence-corrected chi connectivity index (χ2v) is 5.06. The number of unbranched alkanes of at least 4 members (excludes halogenated alkanes) is 1. The summed E-state index contributed by atoms with van der Waals surface area (Å²) in [6.07, 6.45) is 3.80. The molecule has 0 aliphatic carbocycles. The summed E-state index contributed by atoms with van der Waals surface area (Å²) in [4.78, 5) is 12.0. The van der Waals surface area contributed by atoms with Crippen LogP contribution in [-0.2, 0) is 13.2 Å². The monoisotopic (exact) mass is 286 g/mol. The fraction of sp³-hybridized carbons (Fsp3) is 0.353. The molecule has 0 amide bonds. The molecule has 0 aliphatic rings. The number of rotatable bonds is 7. The van der Waals surface area contributed by atoms with Crippen molar-refractivity contribution in [3.05, 3.63) is 64.1 Å². The van der Waals surface area contributed by atoms with Crippen molar-refractivity contribution >= 4 is 0 Å². The van der Waals surface area contributed by atoms with Gasteiger partial charge in [0, 0.05) is 18.8 Å². The molecule has 0 atom stereocenters. The maximum Gasteiger partial charge on any atom is 0.223 e. The molecule has 1 aromatic carbocycles. The summed E-state index contributed by atoms with van der Waals surface area (Å²) in [5, 5.41) is 0. The van der Waals surface area contributed by atoms with Crippen LogP contribution in [0.3, 0.4) is 0 Å². The average Bonchev–Trinajstić information content (AvgIpc) is 2.50. The Bertz CT molecular complexity index is 620. The van der Waals surface area contributed by atoms with Gasteiger partial charge in [-0.05, 0) is 31.9 Å². The summed E-state index contributed by atoms with van der Waals surface area (Å²) in [7, 11) is 0. The lowest BCUT2D eigenvalue weighted by atomic mass is 10.2. The molecule has 2 N–H and O–H groups in total. The van der Waals surface area contributed by atoms with Crippen LogP contribution in [0.15, 0.2) is 47.4 Å². The van der Waals surface area contributed by atoms with E-state index >= 15 is 0 Å². The molecular formula is C17H22N2O2. The standard InChI is InChI=1S/C17H22N2O2/c1-14-17(21-13-15-7-3-2-4-8-15)16(20)9-12-19(14)11-6-5-10-18/h2-4,7-9,12H,5-6,10-11,13,18H2,1H3. The normalized spacial score (nSPS) is 10.6. The van der Waals surface area contributed by atoms with Gasteiger partial charge in [0.25, 0.3) is 0 Å². The predicted octanol–water partition coefficient (Wildman–Crippen LogP) is 2.47. The number of nitrogens with two attached hydrogens (primary N) is 1. The molecule has 0 saturated carbocycles. The van der Waals surface area contributed by atoms with Gasteiger partial charge in [-0.1, -0.05) is 30.3 Å². The molecule has 2 rings (SSSR count). The molecule has 2 aromatic rings. The zero-order valence-electron chi connectivity index (χ0n) is 12.4. The molecule has 0 bridgehead atoms. The highest BCUT2D eigenvalue weighted by Gasteiger charge is 2.08. The minimum atomic E-state index is -0.0708. The Morgan fingerprint density at radius 2 is 1.90 bits per heavy atom. The van der Waals surface area contributed by atoms with Crippen molar-refractivity contribution in [2.45, 2.75) is 32.9 Å². The van der Waals surface area contributed by atoms with Gasteiger partial charge in [0.2, 0.25) is 5.43 Å². The number of aryl methyl sites for hydroxylation is 1. The Kier molecular flexibility index (Phi) is 5.58. The third-order valence-corrected chi connectivity index (χ3v) is 3.47. The van der Waals surface area contributed by atoms with Crippen molar-refractivity contribution in [2.75, 3.05) is 6.54 Å². The number of benzene rings is 1. The van der Waals surface area contributed by atoms with Crippen LogP contribution in [0.25, 0.3) is 0 Å². The van der Waals surface area contributed by atoms with E-state index in [0.717, 1.165) is 30.6 Å². The fourth-order valence-corrected chi connectivity index (χ4v) is 2.23. The second kappa shape index (κ2) is 7.64. The highest BCUT2D eigenvalue weighted by molar-refractivity contribution is 5.28. The molecule has 112 valence electrons. The Morgan fingerprint density at radius 3 is 2.62 bits per heavy atom. The first-order valence-corrected chi connectivity index (χ1v) is 7.29. The van der Waals surface area contributed by atoms with E-state index in [4.69, 9.17) is 10.5 Å². The molecule has 1 heterocycles. The van der Waals surface area contributed by atoms with Crippen LogP contribution < -0.4 is 15.9 Å². The number of ether oxygens (including phenoxy) is 1. The summed E-state index contributed by atoms with van der Waals surface area (Å²) in [5.41, 5.74) is 7.36. The lowest BCUT2D eigenvalue weighted by molar-refractivity contribution is 0.296. The molecular weight excluding hydrogens is 264 g/mol. The molecule has 0 saturated heterocycles. The number of pyridine rings is 1. The van der Waals surface area contributed by atoms with Crippen LogP contribution in [0.4, 0.5) is 0 Å². The van der Waals surface area contributed by atoms with Gasteiger partial charge >= 0.3 is 0 Å². The molecule has 0 fully saturated rings. The number of hydrogen-bond donors (Lipinski definition) is 1. The van der Waals surface area contributed by atoms with E-state index in [1.54, 1.807) is 6.07 Å². The third kappa shape index (κ3) is 4.20. The van der Waals surface area contributed by atoms with Crippen molar-refractivity contribution in [2.24, 2.45) is 5.73 Å². The second-order valence-electron chi connectivity index (χ2n) is 5.06. The minimum absolute atomic E-state index is 0.0708. The van der Waals surface area contributed by atoms with E-state index < -0.39 is 0 Å². The summed E-state index contributed by atoms with van der Waals surface area (Å²) >= 11 is 0. The van der Waals surface area contributed by atoms with E-state index in [2.05, 4.69) is 4.57 Å². The maximum absolute atomic E-state index is 12.0. The predicted molar refractivity (Wildman–Crippen MR) is 84.5 cm³/mol. The lowest BCUT2D eigenvalue weighted by Gasteiger charge is -2.14. The topological polar surface area (TPSA) is 57.2 Å². The summed E-state index contributed by atoms with van der Waals surface area (Å²) in [6.45, 7) is 3.87. The molecule has 0 unspecified atom stereocenters. The molecule has 4 nitrogen and oxygen atoms in total. The van der Waals surface area contributed by atoms with Crippen LogP contribution >= 0.6 is 0 Å². The minimum Gasteiger partial charge on any atom is -0.483 e. The molecule has 21 heavy (non-hydrogen) atoms. The van der Waals surface area contributed by atoms with Gasteiger partial charge in [0.15, 0.2) is 5.75 Å². The number of aromatic nitrogens is 1. The third-order valence-electron chi connectivity index (χ3n) is 3.47. The summed E-state index contributed by atoms with van der Waals surface area (Å²) in [6, 6.07) is 11.4. The van der Waals surface area contributed by atoms with Crippen molar-refractivity contribution in [1.82, 2.24) is 4.57 Å². The van der Waals surface area contributed by atoms with Gasteiger partial charge in [-0.25, -0.2) is 0 Å². The molecule has 0 aliphatic heterocycles.